The number of carbonyl (C=O) groups is 2. The van der Waals surface area contributed by atoms with Gasteiger partial charge in [0.2, 0.25) is 0 Å². The number of nitro benzene ring substituents is 1. The van der Waals surface area contributed by atoms with Gasteiger partial charge in [0, 0.05) is 24.7 Å². The van der Waals surface area contributed by atoms with Crippen molar-refractivity contribution in [2.45, 2.75) is 32.6 Å². The quantitative estimate of drug-likeness (QED) is 0.487. The predicted molar refractivity (Wildman–Crippen MR) is 77.5 cm³/mol. The molecule has 1 aliphatic heterocycles. The zero-order chi connectivity index (χ0) is 15.4. The van der Waals surface area contributed by atoms with Crippen molar-refractivity contribution in [2.24, 2.45) is 0 Å². The van der Waals surface area contributed by atoms with Crippen LogP contribution >= 0.6 is 0 Å². The number of nitro groups is 1. The highest BCUT2D eigenvalue weighted by Crippen LogP contribution is 2.22. The van der Waals surface area contributed by atoms with Crippen LogP contribution in [0.1, 0.15) is 53.3 Å². The molecule has 0 unspecified atom stereocenters. The molecule has 0 radical (unpaired) electrons. The van der Waals surface area contributed by atoms with Gasteiger partial charge in [-0.05, 0) is 31.9 Å². The van der Waals surface area contributed by atoms with Crippen LogP contribution in [0.4, 0.5) is 5.69 Å². The van der Waals surface area contributed by atoms with Gasteiger partial charge in [-0.2, -0.15) is 0 Å². The Balaban J connectivity index is 2.31. The Morgan fingerprint density at radius 2 is 1.76 bits per heavy atom. The van der Waals surface area contributed by atoms with E-state index in [0.29, 0.717) is 13.1 Å². The summed E-state index contributed by atoms with van der Waals surface area (Å²) >= 11 is 0. The van der Waals surface area contributed by atoms with Crippen molar-refractivity contribution in [1.82, 2.24) is 4.90 Å². The third-order valence-electron chi connectivity index (χ3n) is 3.71. The summed E-state index contributed by atoms with van der Waals surface area (Å²) in [6.07, 6.45) is 4.12. The molecule has 1 aromatic rings. The Kier molecular flexibility index (Phi) is 4.67. The van der Waals surface area contributed by atoms with E-state index in [1.165, 1.54) is 25.1 Å². The molecule has 0 aromatic heterocycles. The summed E-state index contributed by atoms with van der Waals surface area (Å²) in [6, 6.07) is 4.08. The molecule has 1 amide bonds. The van der Waals surface area contributed by atoms with E-state index in [1.54, 1.807) is 4.90 Å². The molecule has 2 rings (SSSR count). The van der Waals surface area contributed by atoms with Crippen LogP contribution in [-0.2, 0) is 0 Å². The molecule has 1 fully saturated rings. The summed E-state index contributed by atoms with van der Waals surface area (Å²) in [4.78, 5) is 36.0. The van der Waals surface area contributed by atoms with Gasteiger partial charge in [-0.25, -0.2) is 0 Å². The van der Waals surface area contributed by atoms with Crippen LogP contribution in [0.5, 0.6) is 0 Å². The number of hydrogen-bond donors (Lipinski definition) is 0. The number of Topliss-reactive ketones (excluding diaryl/α,β-unsaturated/α-hetero) is 1. The molecule has 0 spiro atoms. The Bertz CT molecular complexity index is 575. The van der Waals surface area contributed by atoms with Crippen LogP contribution in [0.2, 0.25) is 0 Å². The molecule has 1 aromatic carbocycles. The molecule has 1 aliphatic rings. The number of ketones is 1. The standard InChI is InChI=1S/C15H18N2O4/c1-11(18)13-7-6-12(10-14(13)17(20)21)15(19)16-8-4-2-3-5-9-16/h6-7,10H,2-5,8-9H2,1H3. The number of amides is 1. The fourth-order valence-corrected chi connectivity index (χ4v) is 2.57. The van der Waals surface area contributed by atoms with Gasteiger partial charge in [-0.1, -0.05) is 12.8 Å². The van der Waals surface area contributed by atoms with Gasteiger partial charge in [0.1, 0.15) is 0 Å². The first-order valence-electron chi connectivity index (χ1n) is 7.09. The first-order valence-corrected chi connectivity index (χ1v) is 7.09. The Morgan fingerprint density at radius 1 is 1.14 bits per heavy atom. The lowest BCUT2D eigenvalue weighted by atomic mass is 10.1. The average molecular weight is 290 g/mol. The molecule has 0 N–H and O–H groups in total. The minimum absolute atomic E-state index is 0.0346. The molecular weight excluding hydrogens is 272 g/mol. The molecule has 0 aliphatic carbocycles. The fraction of sp³-hybridized carbons (Fsp3) is 0.467. The molecule has 112 valence electrons. The highest BCUT2D eigenvalue weighted by atomic mass is 16.6. The summed E-state index contributed by atoms with van der Waals surface area (Å²) in [6.45, 7) is 2.64. The van der Waals surface area contributed by atoms with Crippen molar-refractivity contribution >= 4 is 17.4 Å². The number of likely N-dealkylation sites (tertiary alicyclic amines) is 1. The SMILES string of the molecule is CC(=O)c1ccc(C(=O)N2CCCCCC2)cc1[N+](=O)[O-]. The fourth-order valence-electron chi connectivity index (χ4n) is 2.57. The van der Waals surface area contributed by atoms with E-state index in [4.69, 9.17) is 0 Å². The zero-order valence-corrected chi connectivity index (χ0v) is 12.0. The van der Waals surface area contributed by atoms with E-state index >= 15 is 0 Å². The Hall–Kier alpha value is -2.24. The van der Waals surface area contributed by atoms with Gasteiger partial charge < -0.3 is 4.90 Å². The van der Waals surface area contributed by atoms with Gasteiger partial charge in [-0.15, -0.1) is 0 Å². The third kappa shape index (κ3) is 3.45. The summed E-state index contributed by atoms with van der Waals surface area (Å²) < 4.78 is 0. The molecule has 6 heteroatoms. The molecule has 0 saturated carbocycles. The minimum atomic E-state index is -0.615. The lowest BCUT2D eigenvalue weighted by Gasteiger charge is -2.20. The van der Waals surface area contributed by atoms with Gasteiger partial charge in [0.05, 0.1) is 10.5 Å². The zero-order valence-electron chi connectivity index (χ0n) is 12.0. The molecule has 21 heavy (non-hydrogen) atoms. The highest BCUT2D eigenvalue weighted by Gasteiger charge is 2.23. The van der Waals surface area contributed by atoms with Crippen LogP contribution in [0.15, 0.2) is 18.2 Å². The van der Waals surface area contributed by atoms with E-state index in [9.17, 15) is 19.7 Å². The van der Waals surface area contributed by atoms with Crippen LogP contribution in [0, 0.1) is 10.1 Å². The molecule has 0 atom stereocenters. The van der Waals surface area contributed by atoms with E-state index in [-0.39, 0.29) is 28.5 Å². The van der Waals surface area contributed by atoms with Crippen LogP contribution in [0.3, 0.4) is 0 Å². The molecule has 0 bridgehead atoms. The number of nitrogens with zero attached hydrogens (tertiary/aromatic N) is 2. The normalized spacial score (nSPS) is 15.4. The number of benzene rings is 1. The van der Waals surface area contributed by atoms with Crippen molar-refractivity contribution in [3.63, 3.8) is 0 Å². The van der Waals surface area contributed by atoms with Gasteiger partial charge in [0.15, 0.2) is 5.78 Å². The molecular formula is C15H18N2O4. The Labute approximate surface area is 122 Å². The first-order chi connectivity index (χ1) is 10.0. The van der Waals surface area contributed by atoms with Crippen LogP contribution in [-0.4, -0.2) is 34.6 Å². The van der Waals surface area contributed by atoms with E-state index in [1.807, 2.05) is 0 Å². The number of carbonyl (C=O) groups excluding carboxylic acids is 2. The monoisotopic (exact) mass is 290 g/mol. The smallest absolute Gasteiger partial charge is 0.280 e. The average Bonchev–Trinajstić information content (AvgIpc) is 2.74. The van der Waals surface area contributed by atoms with Crippen molar-refractivity contribution in [3.05, 3.63) is 39.4 Å². The van der Waals surface area contributed by atoms with Gasteiger partial charge >= 0.3 is 0 Å². The van der Waals surface area contributed by atoms with E-state index in [0.717, 1.165) is 25.7 Å². The van der Waals surface area contributed by atoms with Crippen molar-refractivity contribution in [2.75, 3.05) is 13.1 Å². The Morgan fingerprint density at radius 3 is 2.29 bits per heavy atom. The van der Waals surface area contributed by atoms with Crippen molar-refractivity contribution in [1.29, 1.82) is 0 Å². The maximum Gasteiger partial charge on any atom is 0.280 e. The summed E-state index contributed by atoms with van der Waals surface area (Å²) in [5, 5.41) is 11.1. The van der Waals surface area contributed by atoms with E-state index < -0.39 is 4.92 Å². The van der Waals surface area contributed by atoms with Crippen molar-refractivity contribution in [3.8, 4) is 0 Å². The number of rotatable bonds is 3. The maximum absolute atomic E-state index is 12.4. The summed E-state index contributed by atoms with van der Waals surface area (Å²) in [5.41, 5.74) is 0.00388. The lowest BCUT2D eigenvalue weighted by molar-refractivity contribution is -0.385. The second-order valence-corrected chi connectivity index (χ2v) is 5.25. The van der Waals surface area contributed by atoms with Gasteiger partial charge in [0.25, 0.3) is 11.6 Å². The first kappa shape index (κ1) is 15.2. The topological polar surface area (TPSA) is 80.5 Å². The van der Waals surface area contributed by atoms with E-state index in [2.05, 4.69) is 0 Å². The minimum Gasteiger partial charge on any atom is -0.339 e. The number of hydrogen-bond acceptors (Lipinski definition) is 4. The lowest BCUT2D eigenvalue weighted by Crippen LogP contribution is -2.31. The highest BCUT2D eigenvalue weighted by molar-refractivity contribution is 6.01. The van der Waals surface area contributed by atoms with Crippen molar-refractivity contribution < 1.29 is 14.5 Å². The molecule has 6 nitrogen and oxygen atoms in total. The van der Waals surface area contributed by atoms with Gasteiger partial charge in [-0.3, -0.25) is 19.7 Å². The van der Waals surface area contributed by atoms with Crippen LogP contribution < -0.4 is 0 Å². The molecule has 1 saturated heterocycles. The second-order valence-electron chi connectivity index (χ2n) is 5.25. The summed E-state index contributed by atoms with van der Waals surface area (Å²) in [5.74, 6) is -0.578. The van der Waals surface area contributed by atoms with Crippen LogP contribution in [0.25, 0.3) is 0 Å². The summed E-state index contributed by atoms with van der Waals surface area (Å²) in [7, 11) is 0. The molecule has 1 heterocycles. The predicted octanol–water partition coefficient (Wildman–Crippen LogP) is 2.81. The largest absolute Gasteiger partial charge is 0.339 e. The third-order valence-corrected chi connectivity index (χ3v) is 3.71. The maximum atomic E-state index is 12.4. The second kappa shape index (κ2) is 6.47.